The molecular formula is C22H29Cl2N. The second-order valence-electron chi connectivity index (χ2n) is 8.15. The van der Waals surface area contributed by atoms with Crippen LogP contribution in [-0.4, -0.2) is 0 Å². The van der Waals surface area contributed by atoms with Gasteiger partial charge in [0.1, 0.15) is 6.07 Å². The van der Waals surface area contributed by atoms with Gasteiger partial charge in [-0.1, -0.05) is 55.8 Å². The number of hydrogen-bond donors (Lipinski definition) is 0. The quantitative estimate of drug-likeness (QED) is 0.525. The predicted octanol–water partition coefficient (Wildman–Crippen LogP) is 7.75. The summed E-state index contributed by atoms with van der Waals surface area (Å²) in [5, 5.41) is 10.1. The Morgan fingerprint density at radius 2 is 1.44 bits per heavy atom. The fourth-order valence-corrected chi connectivity index (χ4v) is 5.80. The molecule has 136 valence electrons. The van der Waals surface area contributed by atoms with Crippen molar-refractivity contribution in [2.24, 2.45) is 17.8 Å². The Labute approximate surface area is 162 Å². The topological polar surface area (TPSA) is 23.8 Å². The largest absolute Gasteiger partial charge is 0.192 e. The molecule has 25 heavy (non-hydrogen) atoms. The molecule has 0 saturated heterocycles. The first-order valence-electron chi connectivity index (χ1n) is 10.0. The van der Waals surface area contributed by atoms with Crippen LogP contribution in [0.5, 0.6) is 0 Å². The van der Waals surface area contributed by atoms with Crippen LogP contribution in [0.3, 0.4) is 0 Å². The average molecular weight is 378 g/mol. The molecule has 3 heteroatoms. The van der Waals surface area contributed by atoms with Crippen LogP contribution < -0.4 is 0 Å². The minimum Gasteiger partial charge on any atom is -0.192 e. The van der Waals surface area contributed by atoms with Crippen molar-refractivity contribution >= 4 is 23.2 Å². The smallest absolute Gasteiger partial charge is 0.102 e. The van der Waals surface area contributed by atoms with Crippen molar-refractivity contribution in [2.75, 3.05) is 0 Å². The summed E-state index contributed by atoms with van der Waals surface area (Å²) in [6.07, 6.45) is 13.7. The minimum atomic E-state index is 0.407. The molecule has 0 spiro atoms. The first kappa shape index (κ1) is 19.1. The summed E-state index contributed by atoms with van der Waals surface area (Å²) in [5.74, 6) is 3.43. The number of rotatable bonds is 4. The number of nitrogens with zero attached hydrogens (tertiary/aromatic N) is 1. The molecule has 0 N–H and O–H groups in total. The lowest BCUT2D eigenvalue weighted by Gasteiger charge is -2.38. The molecule has 1 nitrogen and oxygen atoms in total. The molecule has 0 unspecified atom stereocenters. The number of nitriles is 1. The SMILES string of the molecule is CCC[C@H]1CC[C@H]([C@H]2CC[C@H](c3cc(Cl)c(C#N)c(Cl)c3)CC2)CC1. The van der Waals surface area contributed by atoms with Crippen molar-refractivity contribution in [1.82, 2.24) is 0 Å². The van der Waals surface area contributed by atoms with Crippen molar-refractivity contribution in [3.05, 3.63) is 33.3 Å². The van der Waals surface area contributed by atoms with E-state index in [-0.39, 0.29) is 0 Å². The Morgan fingerprint density at radius 3 is 1.92 bits per heavy atom. The summed E-state index contributed by atoms with van der Waals surface area (Å²) < 4.78 is 0. The van der Waals surface area contributed by atoms with Crippen molar-refractivity contribution in [3.63, 3.8) is 0 Å². The van der Waals surface area contributed by atoms with Gasteiger partial charge in [-0.25, -0.2) is 0 Å². The lowest BCUT2D eigenvalue weighted by atomic mass is 9.68. The molecule has 1 aromatic rings. The van der Waals surface area contributed by atoms with Gasteiger partial charge in [0.2, 0.25) is 0 Å². The highest BCUT2D eigenvalue weighted by Crippen LogP contribution is 2.45. The molecule has 2 saturated carbocycles. The van der Waals surface area contributed by atoms with Crippen LogP contribution in [0.2, 0.25) is 10.0 Å². The van der Waals surface area contributed by atoms with Crippen molar-refractivity contribution in [2.45, 2.75) is 77.0 Å². The maximum Gasteiger partial charge on any atom is 0.102 e. The fourth-order valence-electron chi connectivity index (χ4n) is 5.22. The molecular weight excluding hydrogens is 349 g/mol. The highest BCUT2D eigenvalue weighted by molar-refractivity contribution is 6.36. The van der Waals surface area contributed by atoms with E-state index in [1.165, 1.54) is 69.8 Å². The summed E-state index contributed by atoms with van der Waals surface area (Å²) in [5.41, 5.74) is 1.63. The van der Waals surface area contributed by atoms with E-state index in [0.29, 0.717) is 21.5 Å². The normalized spacial score (nSPS) is 30.0. The zero-order valence-corrected chi connectivity index (χ0v) is 16.8. The van der Waals surface area contributed by atoms with Gasteiger partial charge in [-0.15, -0.1) is 0 Å². The Morgan fingerprint density at radius 1 is 0.920 bits per heavy atom. The second-order valence-corrected chi connectivity index (χ2v) is 8.97. The van der Waals surface area contributed by atoms with E-state index in [2.05, 4.69) is 13.0 Å². The maximum atomic E-state index is 9.11. The van der Waals surface area contributed by atoms with E-state index in [0.717, 1.165) is 17.8 Å². The number of hydrogen-bond acceptors (Lipinski definition) is 1. The minimum absolute atomic E-state index is 0.407. The summed E-state index contributed by atoms with van der Waals surface area (Å²) in [6, 6.07) is 6.02. The molecule has 0 amide bonds. The third-order valence-corrected chi connectivity index (χ3v) is 7.27. The molecule has 0 bridgehead atoms. The van der Waals surface area contributed by atoms with Crippen LogP contribution >= 0.6 is 23.2 Å². The van der Waals surface area contributed by atoms with Crippen LogP contribution in [-0.2, 0) is 0 Å². The monoisotopic (exact) mass is 377 g/mol. The lowest BCUT2D eigenvalue weighted by Crippen LogP contribution is -2.25. The third-order valence-electron chi connectivity index (χ3n) is 6.67. The van der Waals surface area contributed by atoms with Crippen molar-refractivity contribution in [3.8, 4) is 6.07 Å². The lowest BCUT2D eigenvalue weighted by molar-refractivity contribution is 0.156. The summed E-state index contributed by atoms with van der Waals surface area (Å²) in [4.78, 5) is 0. The molecule has 0 radical (unpaired) electrons. The highest BCUT2D eigenvalue weighted by Gasteiger charge is 2.31. The standard InChI is InChI=1S/C22H29Cl2N/c1-2-3-15-4-6-16(7-5-15)17-8-10-18(11-9-17)19-12-21(23)20(14-25)22(24)13-19/h12-13,15-18H,2-11H2,1H3/t15-,16-,17-,18-. The summed E-state index contributed by atoms with van der Waals surface area (Å²) in [6.45, 7) is 2.31. The predicted molar refractivity (Wildman–Crippen MR) is 106 cm³/mol. The molecule has 1 aromatic carbocycles. The van der Waals surface area contributed by atoms with E-state index < -0.39 is 0 Å². The number of halogens is 2. The third kappa shape index (κ3) is 4.53. The van der Waals surface area contributed by atoms with Gasteiger partial charge in [0, 0.05) is 0 Å². The highest BCUT2D eigenvalue weighted by atomic mass is 35.5. The van der Waals surface area contributed by atoms with E-state index in [1.807, 2.05) is 12.1 Å². The zero-order chi connectivity index (χ0) is 17.8. The molecule has 2 fully saturated rings. The zero-order valence-electron chi connectivity index (χ0n) is 15.2. The van der Waals surface area contributed by atoms with Gasteiger partial charge >= 0.3 is 0 Å². The molecule has 3 rings (SSSR count). The van der Waals surface area contributed by atoms with Crippen LogP contribution in [0.15, 0.2) is 12.1 Å². The van der Waals surface area contributed by atoms with Gasteiger partial charge in [0.15, 0.2) is 0 Å². The van der Waals surface area contributed by atoms with Crippen LogP contribution in [0.1, 0.15) is 88.2 Å². The van der Waals surface area contributed by atoms with Gasteiger partial charge in [-0.2, -0.15) is 5.26 Å². The van der Waals surface area contributed by atoms with Gasteiger partial charge in [-0.3, -0.25) is 0 Å². The van der Waals surface area contributed by atoms with E-state index >= 15 is 0 Å². The average Bonchev–Trinajstić information content (AvgIpc) is 2.62. The van der Waals surface area contributed by atoms with Crippen molar-refractivity contribution < 1.29 is 0 Å². The Bertz CT molecular complexity index is 594. The Balaban J connectivity index is 1.55. The molecule has 0 heterocycles. The summed E-state index contributed by atoms with van der Waals surface area (Å²) in [7, 11) is 0. The van der Waals surface area contributed by atoms with E-state index in [4.69, 9.17) is 28.5 Å². The molecule has 2 aliphatic rings. The van der Waals surface area contributed by atoms with Crippen LogP contribution in [0.25, 0.3) is 0 Å². The van der Waals surface area contributed by atoms with Crippen LogP contribution in [0, 0.1) is 29.1 Å². The van der Waals surface area contributed by atoms with Gasteiger partial charge in [0.05, 0.1) is 15.6 Å². The van der Waals surface area contributed by atoms with Gasteiger partial charge < -0.3 is 0 Å². The second kappa shape index (κ2) is 8.79. The number of benzene rings is 1. The van der Waals surface area contributed by atoms with Gasteiger partial charge in [0.25, 0.3) is 0 Å². The van der Waals surface area contributed by atoms with E-state index in [1.54, 1.807) is 0 Å². The molecule has 0 aromatic heterocycles. The summed E-state index contributed by atoms with van der Waals surface area (Å²) >= 11 is 12.5. The van der Waals surface area contributed by atoms with Crippen molar-refractivity contribution in [1.29, 1.82) is 5.26 Å². The van der Waals surface area contributed by atoms with E-state index in [9.17, 15) is 0 Å². The molecule has 0 aliphatic heterocycles. The van der Waals surface area contributed by atoms with Crippen LogP contribution in [0.4, 0.5) is 0 Å². The Kier molecular flexibility index (Phi) is 6.70. The first-order chi connectivity index (χ1) is 12.1. The first-order valence-corrected chi connectivity index (χ1v) is 10.8. The fraction of sp³-hybridized carbons (Fsp3) is 0.682. The molecule has 2 aliphatic carbocycles. The Hall–Kier alpha value is -0.710. The maximum absolute atomic E-state index is 9.11. The molecule has 0 atom stereocenters. The van der Waals surface area contributed by atoms with Gasteiger partial charge in [-0.05, 0) is 79.9 Å².